The summed E-state index contributed by atoms with van der Waals surface area (Å²) in [5, 5.41) is 1.30. The first-order chi connectivity index (χ1) is 6.42. The Kier molecular flexibility index (Phi) is 2.17. The minimum atomic E-state index is 1.08. The predicted octanol–water partition coefficient (Wildman–Crippen LogP) is 3.59. The van der Waals surface area contributed by atoms with Gasteiger partial charge in [0.1, 0.15) is 0 Å². The molecule has 1 nitrogen and oxygen atoms in total. The second-order valence-electron chi connectivity index (χ2n) is 3.10. The van der Waals surface area contributed by atoms with E-state index in [0.717, 1.165) is 6.42 Å². The van der Waals surface area contributed by atoms with Crippen molar-refractivity contribution >= 4 is 17.0 Å². The van der Waals surface area contributed by atoms with Crippen molar-refractivity contribution in [1.29, 1.82) is 0 Å². The lowest BCUT2D eigenvalue weighted by atomic mass is 10.1. The SMILES string of the molecule is CC/C=C\c1c[nH]c2ccccc12. The highest BCUT2D eigenvalue weighted by Crippen LogP contribution is 2.18. The summed E-state index contributed by atoms with van der Waals surface area (Å²) >= 11 is 0. The van der Waals surface area contributed by atoms with E-state index in [1.54, 1.807) is 0 Å². The molecule has 66 valence electrons. The van der Waals surface area contributed by atoms with Crippen molar-refractivity contribution in [3.8, 4) is 0 Å². The van der Waals surface area contributed by atoms with Crippen LogP contribution in [0.1, 0.15) is 18.9 Å². The molecule has 0 aliphatic carbocycles. The third kappa shape index (κ3) is 1.50. The molecule has 1 heterocycles. The van der Waals surface area contributed by atoms with Gasteiger partial charge in [-0.2, -0.15) is 0 Å². The molecule has 1 aromatic carbocycles. The summed E-state index contributed by atoms with van der Waals surface area (Å²) in [5.41, 5.74) is 2.48. The molecule has 0 saturated carbocycles. The highest BCUT2D eigenvalue weighted by atomic mass is 14.7. The summed E-state index contributed by atoms with van der Waals surface area (Å²) in [6.07, 6.45) is 7.48. The Balaban J connectivity index is 2.52. The van der Waals surface area contributed by atoms with Crippen molar-refractivity contribution in [2.24, 2.45) is 0 Å². The normalized spacial score (nSPS) is 11.5. The van der Waals surface area contributed by atoms with Gasteiger partial charge in [-0.15, -0.1) is 0 Å². The van der Waals surface area contributed by atoms with E-state index in [0.29, 0.717) is 0 Å². The molecule has 2 rings (SSSR count). The van der Waals surface area contributed by atoms with Gasteiger partial charge in [0.15, 0.2) is 0 Å². The molecule has 0 aliphatic rings. The Hall–Kier alpha value is -1.50. The fraction of sp³-hybridized carbons (Fsp3) is 0.167. The van der Waals surface area contributed by atoms with E-state index in [1.807, 2.05) is 6.07 Å². The standard InChI is InChI=1S/C12H13N/c1-2-3-6-10-9-13-12-8-5-4-7-11(10)12/h3-9,13H,2H2,1H3/b6-3-. The minimum Gasteiger partial charge on any atom is -0.361 e. The third-order valence-electron chi connectivity index (χ3n) is 2.15. The Morgan fingerprint density at radius 3 is 3.00 bits per heavy atom. The molecular weight excluding hydrogens is 158 g/mol. The van der Waals surface area contributed by atoms with Gasteiger partial charge in [0.25, 0.3) is 0 Å². The molecule has 0 spiro atoms. The van der Waals surface area contributed by atoms with Gasteiger partial charge >= 0.3 is 0 Å². The first-order valence-corrected chi connectivity index (χ1v) is 4.64. The lowest BCUT2D eigenvalue weighted by Gasteiger charge is -1.89. The smallest absolute Gasteiger partial charge is 0.0460 e. The van der Waals surface area contributed by atoms with Gasteiger partial charge in [0.05, 0.1) is 0 Å². The van der Waals surface area contributed by atoms with E-state index < -0.39 is 0 Å². The molecule has 0 atom stereocenters. The van der Waals surface area contributed by atoms with Crippen molar-refractivity contribution in [3.05, 3.63) is 42.1 Å². The maximum atomic E-state index is 3.25. The van der Waals surface area contributed by atoms with E-state index in [9.17, 15) is 0 Å². The Labute approximate surface area is 78.1 Å². The molecule has 0 radical (unpaired) electrons. The van der Waals surface area contributed by atoms with Crippen LogP contribution >= 0.6 is 0 Å². The summed E-state index contributed by atoms with van der Waals surface area (Å²) in [7, 11) is 0. The van der Waals surface area contributed by atoms with E-state index in [1.165, 1.54) is 16.5 Å². The number of hydrogen-bond donors (Lipinski definition) is 1. The van der Waals surface area contributed by atoms with Crippen molar-refractivity contribution in [3.63, 3.8) is 0 Å². The number of aromatic nitrogens is 1. The summed E-state index contributed by atoms with van der Waals surface area (Å²) in [6.45, 7) is 2.14. The second kappa shape index (κ2) is 3.48. The first-order valence-electron chi connectivity index (χ1n) is 4.64. The number of allylic oxidation sites excluding steroid dienone is 1. The average Bonchev–Trinajstić information content (AvgIpc) is 2.58. The van der Waals surface area contributed by atoms with Crippen molar-refractivity contribution in [2.45, 2.75) is 13.3 Å². The molecule has 0 amide bonds. The van der Waals surface area contributed by atoms with Crippen LogP contribution < -0.4 is 0 Å². The fourth-order valence-corrected chi connectivity index (χ4v) is 1.48. The van der Waals surface area contributed by atoms with Crippen LogP contribution in [0.15, 0.2) is 36.5 Å². The summed E-state index contributed by atoms with van der Waals surface area (Å²) in [5.74, 6) is 0. The number of nitrogens with one attached hydrogen (secondary N) is 1. The molecule has 13 heavy (non-hydrogen) atoms. The molecule has 0 unspecified atom stereocenters. The van der Waals surface area contributed by atoms with E-state index in [-0.39, 0.29) is 0 Å². The molecule has 1 heteroatoms. The Morgan fingerprint density at radius 2 is 2.15 bits per heavy atom. The van der Waals surface area contributed by atoms with Crippen LogP contribution in [0.25, 0.3) is 17.0 Å². The van der Waals surface area contributed by atoms with Crippen molar-refractivity contribution < 1.29 is 0 Å². The zero-order chi connectivity index (χ0) is 9.10. The van der Waals surface area contributed by atoms with Crippen LogP contribution in [0.3, 0.4) is 0 Å². The number of para-hydroxylation sites is 1. The van der Waals surface area contributed by atoms with Crippen molar-refractivity contribution in [1.82, 2.24) is 4.98 Å². The van der Waals surface area contributed by atoms with Gasteiger partial charge in [0.2, 0.25) is 0 Å². The van der Waals surface area contributed by atoms with Crippen LogP contribution in [0, 0.1) is 0 Å². The molecule has 2 aromatic rings. The minimum absolute atomic E-state index is 1.08. The molecule has 0 fully saturated rings. The molecule has 1 N–H and O–H groups in total. The molecular formula is C12H13N. The van der Waals surface area contributed by atoms with Crippen LogP contribution in [-0.2, 0) is 0 Å². The van der Waals surface area contributed by atoms with Gasteiger partial charge in [-0.3, -0.25) is 0 Å². The summed E-state index contributed by atoms with van der Waals surface area (Å²) in [4.78, 5) is 3.25. The summed E-state index contributed by atoms with van der Waals surface area (Å²) < 4.78 is 0. The van der Waals surface area contributed by atoms with Gasteiger partial charge < -0.3 is 4.98 Å². The van der Waals surface area contributed by atoms with Crippen LogP contribution in [0.5, 0.6) is 0 Å². The number of aromatic amines is 1. The van der Waals surface area contributed by atoms with Crippen LogP contribution in [-0.4, -0.2) is 4.98 Å². The monoisotopic (exact) mass is 171 g/mol. The quantitative estimate of drug-likeness (QED) is 0.710. The molecule has 0 saturated heterocycles. The maximum Gasteiger partial charge on any atom is 0.0460 e. The largest absolute Gasteiger partial charge is 0.361 e. The predicted molar refractivity (Wildman–Crippen MR) is 57.6 cm³/mol. The Bertz CT molecular complexity index is 423. The maximum absolute atomic E-state index is 3.25. The average molecular weight is 171 g/mol. The second-order valence-corrected chi connectivity index (χ2v) is 3.10. The molecule has 1 aromatic heterocycles. The van der Waals surface area contributed by atoms with Crippen molar-refractivity contribution in [2.75, 3.05) is 0 Å². The third-order valence-corrected chi connectivity index (χ3v) is 2.15. The molecule has 0 aliphatic heterocycles. The number of benzene rings is 1. The number of hydrogen-bond acceptors (Lipinski definition) is 0. The zero-order valence-electron chi connectivity index (χ0n) is 7.75. The number of H-pyrrole nitrogens is 1. The molecule has 0 bridgehead atoms. The van der Waals surface area contributed by atoms with E-state index in [4.69, 9.17) is 0 Å². The summed E-state index contributed by atoms with van der Waals surface area (Å²) in [6, 6.07) is 8.35. The van der Waals surface area contributed by atoms with Gasteiger partial charge in [-0.05, 0) is 18.1 Å². The topological polar surface area (TPSA) is 15.8 Å². The fourth-order valence-electron chi connectivity index (χ4n) is 1.48. The Morgan fingerprint density at radius 1 is 1.31 bits per heavy atom. The zero-order valence-corrected chi connectivity index (χ0v) is 7.75. The van der Waals surface area contributed by atoms with E-state index >= 15 is 0 Å². The number of rotatable bonds is 2. The number of fused-ring (bicyclic) bond motifs is 1. The highest BCUT2D eigenvalue weighted by molar-refractivity contribution is 5.88. The lowest BCUT2D eigenvalue weighted by molar-refractivity contribution is 1.23. The van der Waals surface area contributed by atoms with Crippen LogP contribution in [0.2, 0.25) is 0 Å². The van der Waals surface area contributed by atoms with E-state index in [2.05, 4.69) is 48.5 Å². The lowest BCUT2D eigenvalue weighted by Crippen LogP contribution is -1.67. The van der Waals surface area contributed by atoms with Gasteiger partial charge in [-0.25, -0.2) is 0 Å². The first kappa shape index (κ1) is 8.11. The highest BCUT2D eigenvalue weighted by Gasteiger charge is 1.97. The van der Waals surface area contributed by atoms with Gasteiger partial charge in [-0.1, -0.05) is 37.3 Å². The van der Waals surface area contributed by atoms with Gasteiger partial charge in [0, 0.05) is 17.1 Å². The van der Waals surface area contributed by atoms with Crippen LogP contribution in [0.4, 0.5) is 0 Å².